The Morgan fingerprint density at radius 2 is 1.29 bits per heavy atom. The molecule has 0 aromatic rings. The van der Waals surface area contributed by atoms with E-state index < -0.39 is 0 Å². The predicted octanol–water partition coefficient (Wildman–Crippen LogP) is 6.42. The number of allylic oxidation sites excluding steroid dienone is 2. The fourth-order valence-corrected chi connectivity index (χ4v) is 3.27. The number of hydrogen-bond acceptors (Lipinski definition) is 2. The SMILES string of the molecule is C=[N+]1C=CC=CC1.CCCCCCCCCCCCCCCCCC([O-])=NC. The van der Waals surface area contributed by atoms with Gasteiger partial charge in [-0.2, -0.15) is 0 Å². The smallest absolute Gasteiger partial charge is 0.168 e. The van der Waals surface area contributed by atoms with Gasteiger partial charge < -0.3 is 10.1 Å². The fourth-order valence-electron chi connectivity index (χ4n) is 3.27. The van der Waals surface area contributed by atoms with Crippen molar-refractivity contribution in [1.82, 2.24) is 0 Å². The molecule has 3 nitrogen and oxygen atoms in total. The minimum Gasteiger partial charge on any atom is -0.862 e. The molecule has 0 aromatic carbocycles. The van der Waals surface area contributed by atoms with Crippen LogP contribution < -0.4 is 5.11 Å². The Balaban J connectivity index is 0.000000861. The molecule has 0 aliphatic carbocycles. The summed E-state index contributed by atoms with van der Waals surface area (Å²) in [5.41, 5.74) is 0. The molecule has 1 aliphatic heterocycles. The van der Waals surface area contributed by atoms with Crippen molar-refractivity contribution in [1.29, 1.82) is 0 Å². The molecule has 0 unspecified atom stereocenters. The lowest BCUT2D eigenvalue weighted by Crippen LogP contribution is -2.16. The molecule has 0 saturated heterocycles. The van der Waals surface area contributed by atoms with Crippen molar-refractivity contribution in [2.45, 2.75) is 110 Å². The molecule has 0 atom stereocenters. The van der Waals surface area contributed by atoms with Crippen molar-refractivity contribution in [3.8, 4) is 0 Å². The Morgan fingerprint density at radius 3 is 1.61 bits per heavy atom. The van der Waals surface area contributed by atoms with Crippen molar-refractivity contribution in [3.05, 3.63) is 24.4 Å². The Morgan fingerprint density at radius 1 is 0.821 bits per heavy atom. The van der Waals surface area contributed by atoms with Gasteiger partial charge in [-0.1, -0.05) is 103 Å². The van der Waals surface area contributed by atoms with Gasteiger partial charge in [0, 0.05) is 13.1 Å². The van der Waals surface area contributed by atoms with Crippen LogP contribution >= 0.6 is 0 Å². The van der Waals surface area contributed by atoms with E-state index >= 15 is 0 Å². The molecule has 0 N–H and O–H groups in total. The third-order valence-electron chi connectivity index (χ3n) is 5.13. The molecule has 0 radical (unpaired) electrons. The molecular formula is C25H46N2O. The summed E-state index contributed by atoms with van der Waals surface area (Å²) in [4.78, 5) is 3.65. The first-order valence-corrected chi connectivity index (χ1v) is 11.7. The Kier molecular flexibility index (Phi) is 20.8. The third-order valence-corrected chi connectivity index (χ3v) is 5.13. The van der Waals surface area contributed by atoms with Crippen LogP contribution in [0.3, 0.4) is 0 Å². The lowest BCUT2D eigenvalue weighted by atomic mass is 10.0. The zero-order valence-electron chi connectivity index (χ0n) is 18.8. The minimum absolute atomic E-state index is 0.0599. The van der Waals surface area contributed by atoms with Crippen LogP contribution in [0.2, 0.25) is 0 Å². The molecule has 28 heavy (non-hydrogen) atoms. The maximum Gasteiger partial charge on any atom is 0.168 e. The predicted molar refractivity (Wildman–Crippen MR) is 123 cm³/mol. The maximum atomic E-state index is 11.0. The zero-order valence-corrected chi connectivity index (χ0v) is 18.8. The van der Waals surface area contributed by atoms with Crippen LogP contribution in [0, 0.1) is 0 Å². The number of aliphatic imine (C=N–C) groups is 1. The van der Waals surface area contributed by atoms with Gasteiger partial charge in [-0.15, -0.1) is 0 Å². The van der Waals surface area contributed by atoms with Crippen molar-refractivity contribution < 1.29 is 9.68 Å². The summed E-state index contributed by atoms with van der Waals surface area (Å²) >= 11 is 0. The van der Waals surface area contributed by atoms with Crippen molar-refractivity contribution in [2.24, 2.45) is 4.99 Å². The molecule has 0 spiro atoms. The van der Waals surface area contributed by atoms with Gasteiger partial charge in [-0.05, 0) is 24.8 Å². The van der Waals surface area contributed by atoms with E-state index in [0.717, 1.165) is 13.0 Å². The second-order valence-electron chi connectivity index (χ2n) is 7.86. The minimum atomic E-state index is 0.0599. The summed E-state index contributed by atoms with van der Waals surface area (Å²) in [6.07, 6.45) is 29.1. The molecule has 1 heterocycles. The number of hydrogen-bond donors (Lipinski definition) is 0. The normalized spacial score (nSPS) is 13.5. The van der Waals surface area contributed by atoms with Crippen LogP contribution in [-0.2, 0) is 0 Å². The molecule has 1 aliphatic rings. The maximum absolute atomic E-state index is 11.0. The van der Waals surface area contributed by atoms with Crippen LogP contribution in [-0.4, -0.2) is 30.8 Å². The number of rotatable bonds is 16. The average molecular weight is 391 g/mol. The lowest BCUT2D eigenvalue weighted by molar-refractivity contribution is -0.436. The second kappa shape index (κ2) is 21.9. The molecule has 0 fully saturated rings. The summed E-state index contributed by atoms with van der Waals surface area (Å²) in [5, 5.41) is 11.0. The highest BCUT2D eigenvalue weighted by molar-refractivity contribution is 5.70. The first-order chi connectivity index (χ1) is 13.7. The fraction of sp³-hybridized carbons (Fsp3) is 0.760. The zero-order chi connectivity index (χ0) is 20.7. The molecule has 0 saturated carbocycles. The van der Waals surface area contributed by atoms with E-state index in [-0.39, 0.29) is 5.90 Å². The second-order valence-corrected chi connectivity index (χ2v) is 7.86. The molecule has 1 rings (SSSR count). The Labute approximate surface area is 175 Å². The average Bonchev–Trinajstić information content (AvgIpc) is 2.71. The van der Waals surface area contributed by atoms with E-state index in [9.17, 15) is 5.11 Å². The molecular weight excluding hydrogens is 344 g/mol. The summed E-state index contributed by atoms with van der Waals surface area (Å²) in [7, 11) is 1.59. The molecule has 0 amide bonds. The largest absolute Gasteiger partial charge is 0.862 e. The highest BCUT2D eigenvalue weighted by Crippen LogP contribution is 2.13. The van der Waals surface area contributed by atoms with Crippen LogP contribution in [0.15, 0.2) is 29.4 Å². The summed E-state index contributed by atoms with van der Waals surface area (Å²) in [5.74, 6) is 0.0599. The first kappa shape index (κ1) is 26.6. The molecule has 0 aromatic heterocycles. The summed E-state index contributed by atoms with van der Waals surface area (Å²) in [6.45, 7) is 6.91. The van der Waals surface area contributed by atoms with E-state index in [4.69, 9.17) is 0 Å². The third kappa shape index (κ3) is 20.9. The number of nitrogens with zero attached hydrogens (tertiary/aromatic N) is 2. The van der Waals surface area contributed by atoms with Crippen LogP contribution in [0.1, 0.15) is 110 Å². The van der Waals surface area contributed by atoms with Gasteiger partial charge in [-0.25, -0.2) is 4.58 Å². The van der Waals surface area contributed by atoms with Crippen molar-refractivity contribution in [2.75, 3.05) is 13.6 Å². The van der Waals surface area contributed by atoms with Gasteiger partial charge in [0.1, 0.15) is 6.72 Å². The standard InChI is InChI=1S/C19H39NO.C6H8N/c1-3-4-5-6-7-8-9-10-11-12-13-14-15-16-17-18-19(21)20-2;1-7-5-3-2-4-6-7/h3-18H2,1-2H3,(H,20,21);2-5H,1,6H2/q;+1/p-1. The van der Waals surface area contributed by atoms with Gasteiger partial charge >= 0.3 is 0 Å². The van der Waals surface area contributed by atoms with Crippen LogP contribution in [0.5, 0.6) is 0 Å². The van der Waals surface area contributed by atoms with E-state index in [1.165, 1.54) is 89.9 Å². The van der Waals surface area contributed by atoms with Crippen molar-refractivity contribution in [3.63, 3.8) is 0 Å². The van der Waals surface area contributed by atoms with Gasteiger partial charge in [0.05, 0.1) is 0 Å². The first-order valence-electron chi connectivity index (χ1n) is 11.7. The van der Waals surface area contributed by atoms with Crippen LogP contribution in [0.25, 0.3) is 0 Å². The van der Waals surface area contributed by atoms with Gasteiger partial charge in [0.15, 0.2) is 12.7 Å². The van der Waals surface area contributed by atoms with E-state index in [1.807, 2.05) is 22.9 Å². The molecule has 162 valence electrons. The number of unbranched alkanes of at least 4 members (excludes halogenated alkanes) is 14. The highest BCUT2D eigenvalue weighted by Gasteiger charge is 1.94. The van der Waals surface area contributed by atoms with E-state index in [1.54, 1.807) is 7.05 Å². The highest BCUT2D eigenvalue weighted by atomic mass is 16.3. The van der Waals surface area contributed by atoms with E-state index in [2.05, 4.69) is 24.7 Å². The van der Waals surface area contributed by atoms with Gasteiger partial charge in [-0.3, -0.25) is 0 Å². The summed E-state index contributed by atoms with van der Waals surface area (Å²) in [6, 6.07) is 0. The Hall–Kier alpha value is -1.38. The van der Waals surface area contributed by atoms with Crippen molar-refractivity contribution >= 4 is 12.6 Å². The summed E-state index contributed by atoms with van der Waals surface area (Å²) < 4.78 is 1.88. The van der Waals surface area contributed by atoms with Gasteiger partial charge in [0.2, 0.25) is 0 Å². The van der Waals surface area contributed by atoms with Gasteiger partial charge in [0.25, 0.3) is 0 Å². The van der Waals surface area contributed by atoms with Crippen LogP contribution in [0.4, 0.5) is 0 Å². The molecule has 0 bridgehead atoms. The quantitative estimate of drug-likeness (QED) is 0.130. The monoisotopic (exact) mass is 390 g/mol. The van der Waals surface area contributed by atoms with E-state index in [0.29, 0.717) is 6.42 Å². The Bertz CT molecular complexity index is 438. The molecule has 3 heteroatoms. The lowest BCUT2D eigenvalue weighted by Gasteiger charge is -2.08. The topological polar surface area (TPSA) is 38.4 Å².